The highest BCUT2D eigenvalue weighted by Crippen LogP contribution is 2.53. The molecule has 2 aliphatic rings. The Morgan fingerprint density at radius 3 is 2.36 bits per heavy atom. The Morgan fingerprint density at radius 2 is 1.93 bits per heavy atom. The Balaban J connectivity index is 2.39. The lowest BCUT2D eigenvalue weighted by Crippen LogP contribution is -2.60. The van der Waals surface area contributed by atoms with Crippen molar-refractivity contribution in [1.82, 2.24) is 0 Å². The Hall–Kier alpha value is -1.10. The van der Waals surface area contributed by atoms with Gasteiger partial charge < -0.3 is 15.9 Å². The average molecular weight is 199 g/mol. The summed E-state index contributed by atoms with van der Waals surface area (Å²) in [7, 11) is 0. The van der Waals surface area contributed by atoms with E-state index in [2.05, 4.69) is 0 Å². The van der Waals surface area contributed by atoms with Crippen molar-refractivity contribution in [3.8, 4) is 0 Å². The van der Waals surface area contributed by atoms with Crippen molar-refractivity contribution in [2.75, 3.05) is 0 Å². The van der Waals surface area contributed by atoms with Gasteiger partial charge in [0, 0.05) is 0 Å². The molecule has 4 N–H and O–H groups in total. The maximum absolute atomic E-state index is 11.0. The molecule has 0 radical (unpaired) electrons. The van der Waals surface area contributed by atoms with Gasteiger partial charge in [0.15, 0.2) is 0 Å². The first-order chi connectivity index (χ1) is 6.48. The smallest absolute Gasteiger partial charge is 0.324 e. The number of carbonyl (C=O) groups is 2. The molecule has 0 heterocycles. The van der Waals surface area contributed by atoms with Gasteiger partial charge in [-0.2, -0.15) is 0 Å². The molecule has 14 heavy (non-hydrogen) atoms. The first-order valence-corrected chi connectivity index (χ1v) is 4.73. The van der Waals surface area contributed by atoms with Crippen molar-refractivity contribution in [2.24, 2.45) is 23.5 Å². The Morgan fingerprint density at radius 1 is 1.29 bits per heavy atom. The average Bonchev–Trinajstić information content (AvgIpc) is 2.61. The standard InChI is InChI=1S/C9H13NO4/c10-9(8(13)14)5-2-1-4(3-5)6(9)7(11)12/h4-6H,1-3,10H2,(H,11,12)(H,13,14)/t4-,5+,6+,9-/m0/s1. The summed E-state index contributed by atoms with van der Waals surface area (Å²) < 4.78 is 0. The van der Waals surface area contributed by atoms with Crippen molar-refractivity contribution in [2.45, 2.75) is 24.8 Å². The zero-order valence-corrected chi connectivity index (χ0v) is 7.64. The molecule has 2 bridgehead atoms. The van der Waals surface area contributed by atoms with Gasteiger partial charge in [0.1, 0.15) is 5.54 Å². The van der Waals surface area contributed by atoms with Gasteiger partial charge in [-0.15, -0.1) is 0 Å². The molecule has 4 atom stereocenters. The summed E-state index contributed by atoms with van der Waals surface area (Å²) in [5.74, 6) is -3.34. The number of hydrogen-bond donors (Lipinski definition) is 3. The van der Waals surface area contributed by atoms with Gasteiger partial charge in [-0.1, -0.05) is 0 Å². The minimum Gasteiger partial charge on any atom is -0.481 e. The van der Waals surface area contributed by atoms with Crippen molar-refractivity contribution in [3.05, 3.63) is 0 Å². The van der Waals surface area contributed by atoms with E-state index in [4.69, 9.17) is 15.9 Å². The summed E-state index contributed by atoms with van der Waals surface area (Å²) in [5.41, 5.74) is 4.22. The Kier molecular flexibility index (Phi) is 1.82. The lowest BCUT2D eigenvalue weighted by Gasteiger charge is -2.34. The van der Waals surface area contributed by atoms with Crippen LogP contribution in [0, 0.1) is 17.8 Å². The van der Waals surface area contributed by atoms with Crippen molar-refractivity contribution >= 4 is 11.9 Å². The third-order valence-electron chi connectivity index (χ3n) is 3.77. The number of fused-ring (bicyclic) bond motifs is 2. The van der Waals surface area contributed by atoms with Crippen molar-refractivity contribution in [1.29, 1.82) is 0 Å². The normalized spacial score (nSPS) is 45.4. The number of aliphatic carboxylic acids is 2. The zero-order chi connectivity index (χ0) is 10.5. The maximum Gasteiger partial charge on any atom is 0.324 e. The molecule has 2 rings (SSSR count). The largest absolute Gasteiger partial charge is 0.481 e. The van der Waals surface area contributed by atoms with Crippen LogP contribution in [0.5, 0.6) is 0 Å². The van der Waals surface area contributed by atoms with E-state index in [0.29, 0.717) is 6.42 Å². The molecular weight excluding hydrogens is 186 g/mol. The molecule has 0 aromatic rings. The molecule has 2 aliphatic carbocycles. The fraction of sp³-hybridized carbons (Fsp3) is 0.778. The van der Waals surface area contributed by atoms with Gasteiger partial charge in [0.25, 0.3) is 0 Å². The Bertz CT molecular complexity index is 303. The van der Waals surface area contributed by atoms with Gasteiger partial charge in [0.05, 0.1) is 5.92 Å². The van der Waals surface area contributed by atoms with Gasteiger partial charge in [0.2, 0.25) is 0 Å². The monoisotopic (exact) mass is 199 g/mol. The molecule has 0 unspecified atom stereocenters. The van der Waals surface area contributed by atoms with E-state index in [9.17, 15) is 9.59 Å². The number of carboxylic acid groups (broad SMARTS) is 2. The fourth-order valence-electron chi connectivity index (χ4n) is 3.11. The van der Waals surface area contributed by atoms with Crippen molar-refractivity contribution in [3.63, 3.8) is 0 Å². The van der Waals surface area contributed by atoms with E-state index in [0.717, 1.165) is 12.8 Å². The first-order valence-electron chi connectivity index (χ1n) is 4.73. The number of hydrogen-bond acceptors (Lipinski definition) is 3. The summed E-state index contributed by atoms with van der Waals surface area (Å²) in [5, 5.41) is 18.0. The van der Waals surface area contributed by atoms with Crippen LogP contribution in [-0.2, 0) is 9.59 Å². The predicted molar refractivity (Wildman–Crippen MR) is 46.5 cm³/mol. The van der Waals surface area contributed by atoms with E-state index >= 15 is 0 Å². The quantitative estimate of drug-likeness (QED) is 0.576. The third-order valence-corrected chi connectivity index (χ3v) is 3.77. The van der Waals surface area contributed by atoms with Crippen LogP contribution >= 0.6 is 0 Å². The molecule has 0 saturated heterocycles. The Labute approximate surface area is 80.9 Å². The number of rotatable bonds is 2. The molecule has 0 spiro atoms. The van der Waals surface area contributed by atoms with Gasteiger partial charge in [-0.05, 0) is 31.1 Å². The van der Waals surface area contributed by atoms with E-state index < -0.39 is 23.4 Å². The predicted octanol–water partition coefficient (Wildman–Crippen LogP) is -0.101. The second-order valence-electron chi connectivity index (χ2n) is 4.32. The molecule has 5 nitrogen and oxygen atoms in total. The molecule has 0 amide bonds. The maximum atomic E-state index is 11.0. The molecule has 5 heteroatoms. The summed E-state index contributed by atoms with van der Waals surface area (Å²) >= 11 is 0. The summed E-state index contributed by atoms with van der Waals surface area (Å²) in [6.45, 7) is 0. The second kappa shape index (κ2) is 2.70. The highest BCUT2D eigenvalue weighted by atomic mass is 16.4. The van der Waals surface area contributed by atoms with Gasteiger partial charge in [-0.25, -0.2) is 0 Å². The van der Waals surface area contributed by atoms with Crippen LogP contribution in [0.1, 0.15) is 19.3 Å². The molecule has 0 aromatic heterocycles. The molecular formula is C9H13NO4. The molecule has 0 aliphatic heterocycles. The zero-order valence-electron chi connectivity index (χ0n) is 7.64. The SMILES string of the molecule is N[C@@]1(C(=O)O)[C@@H]2CC[C@@H](C2)[C@@H]1C(=O)O. The lowest BCUT2D eigenvalue weighted by atomic mass is 9.73. The lowest BCUT2D eigenvalue weighted by molar-refractivity contribution is -0.158. The first kappa shape index (κ1) is 9.45. The minimum absolute atomic E-state index is 0.0430. The van der Waals surface area contributed by atoms with Crippen LogP contribution in [0.4, 0.5) is 0 Å². The minimum atomic E-state index is -1.53. The van der Waals surface area contributed by atoms with E-state index in [1.807, 2.05) is 0 Å². The second-order valence-corrected chi connectivity index (χ2v) is 4.32. The topological polar surface area (TPSA) is 101 Å². The van der Waals surface area contributed by atoms with Crippen LogP contribution in [0.2, 0.25) is 0 Å². The molecule has 78 valence electrons. The highest BCUT2D eigenvalue weighted by molar-refractivity contribution is 5.88. The highest BCUT2D eigenvalue weighted by Gasteiger charge is 2.63. The van der Waals surface area contributed by atoms with Crippen LogP contribution < -0.4 is 5.73 Å². The van der Waals surface area contributed by atoms with Crippen LogP contribution in [0.15, 0.2) is 0 Å². The number of nitrogens with two attached hydrogens (primary N) is 1. The fourth-order valence-corrected chi connectivity index (χ4v) is 3.11. The molecule has 2 saturated carbocycles. The van der Waals surface area contributed by atoms with Crippen LogP contribution in [0.25, 0.3) is 0 Å². The van der Waals surface area contributed by atoms with E-state index in [-0.39, 0.29) is 11.8 Å². The van der Waals surface area contributed by atoms with Gasteiger partial charge >= 0.3 is 11.9 Å². The van der Waals surface area contributed by atoms with E-state index in [1.54, 1.807) is 0 Å². The van der Waals surface area contributed by atoms with Crippen molar-refractivity contribution < 1.29 is 19.8 Å². The van der Waals surface area contributed by atoms with E-state index in [1.165, 1.54) is 0 Å². The summed E-state index contributed by atoms with van der Waals surface area (Å²) in [6.07, 6.45) is 2.20. The summed E-state index contributed by atoms with van der Waals surface area (Å²) in [4.78, 5) is 22.0. The molecule has 2 fully saturated rings. The third kappa shape index (κ3) is 0.930. The van der Waals surface area contributed by atoms with Crippen LogP contribution in [0.3, 0.4) is 0 Å². The number of carboxylic acids is 2. The molecule has 0 aromatic carbocycles. The van der Waals surface area contributed by atoms with Gasteiger partial charge in [-0.3, -0.25) is 9.59 Å². The summed E-state index contributed by atoms with van der Waals surface area (Å²) in [6, 6.07) is 0. The van der Waals surface area contributed by atoms with Crippen LogP contribution in [-0.4, -0.2) is 27.7 Å².